The summed E-state index contributed by atoms with van der Waals surface area (Å²) >= 11 is 3.71. The average Bonchev–Trinajstić information content (AvgIpc) is 3.21. The van der Waals surface area contributed by atoms with Crippen molar-refractivity contribution in [3.63, 3.8) is 0 Å². The molecule has 32 heavy (non-hydrogen) atoms. The summed E-state index contributed by atoms with van der Waals surface area (Å²) in [7, 11) is 1.57. The number of ether oxygens (including phenoxy) is 2. The number of methoxy groups -OCH3 is 1. The number of nitro groups is 1. The zero-order valence-corrected chi connectivity index (χ0v) is 19.8. The summed E-state index contributed by atoms with van der Waals surface area (Å²) in [5.41, 5.74) is 5.60. The molecular weight excluding hydrogens is 543 g/mol. The summed E-state index contributed by atoms with van der Waals surface area (Å²) in [6.45, 7) is 0.261. The lowest BCUT2D eigenvalue weighted by Gasteiger charge is -2.13. The number of hydrogen-bond donors (Lipinski definition) is 1. The number of hydrazone groups is 1. The first-order chi connectivity index (χ1) is 15.5. The minimum Gasteiger partial charge on any atom is -0.493 e. The Hall–Kier alpha value is -3.25. The molecule has 0 saturated heterocycles. The van der Waals surface area contributed by atoms with Crippen molar-refractivity contribution < 1.29 is 14.4 Å². The molecule has 4 rings (SSSR count). The maximum Gasteiger partial charge on any atom is 0.269 e. The number of rotatable bonds is 8. The molecule has 8 nitrogen and oxygen atoms in total. The van der Waals surface area contributed by atoms with Crippen LogP contribution in [0, 0.1) is 13.7 Å². The van der Waals surface area contributed by atoms with Gasteiger partial charge < -0.3 is 9.47 Å². The Morgan fingerprint density at radius 2 is 2.00 bits per heavy atom. The highest BCUT2D eigenvalue weighted by molar-refractivity contribution is 14.1. The van der Waals surface area contributed by atoms with Gasteiger partial charge in [0.2, 0.25) is 5.13 Å². The Bertz CT molecular complexity index is 1260. The molecule has 0 bridgehead atoms. The van der Waals surface area contributed by atoms with Crippen molar-refractivity contribution in [2.45, 2.75) is 6.61 Å². The Morgan fingerprint density at radius 3 is 2.72 bits per heavy atom. The molecule has 4 aromatic rings. The quantitative estimate of drug-likeness (QED) is 0.126. The van der Waals surface area contributed by atoms with Gasteiger partial charge in [-0.05, 0) is 70.1 Å². The molecule has 3 aromatic carbocycles. The Labute approximate surface area is 201 Å². The van der Waals surface area contributed by atoms with E-state index in [9.17, 15) is 10.1 Å². The summed E-state index contributed by atoms with van der Waals surface area (Å²) in [5, 5.41) is 15.8. The van der Waals surface area contributed by atoms with Gasteiger partial charge in [0.05, 0.1) is 32.0 Å². The van der Waals surface area contributed by atoms with Crippen LogP contribution >= 0.6 is 33.9 Å². The molecule has 0 aliphatic carbocycles. The van der Waals surface area contributed by atoms with E-state index in [1.807, 2.05) is 36.4 Å². The third kappa shape index (κ3) is 5.14. The number of anilines is 1. The van der Waals surface area contributed by atoms with Crippen molar-refractivity contribution in [2.24, 2.45) is 5.10 Å². The highest BCUT2D eigenvalue weighted by atomic mass is 127. The molecule has 162 valence electrons. The van der Waals surface area contributed by atoms with Crippen LogP contribution in [0.1, 0.15) is 11.1 Å². The van der Waals surface area contributed by atoms with Crippen molar-refractivity contribution in [1.29, 1.82) is 0 Å². The van der Waals surface area contributed by atoms with Crippen molar-refractivity contribution >= 4 is 61.2 Å². The van der Waals surface area contributed by atoms with Crippen LogP contribution in [0.15, 0.2) is 65.8 Å². The van der Waals surface area contributed by atoms with E-state index in [1.54, 1.807) is 25.5 Å². The second kappa shape index (κ2) is 9.92. The van der Waals surface area contributed by atoms with Crippen LogP contribution in [-0.4, -0.2) is 23.2 Å². The fourth-order valence-corrected chi connectivity index (χ4v) is 4.50. The lowest BCUT2D eigenvalue weighted by molar-refractivity contribution is -0.384. The van der Waals surface area contributed by atoms with Crippen LogP contribution in [0.25, 0.3) is 10.2 Å². The fraction of sp³-hybridized carbons (Fsp3) is 0.0909. The maximum atomic E-state index is 10.8. The standard InChI is InChI=1S/C22H17IN4O4S/c1-30-19-11-15(12-24-26-22-25-18-4-2-3-5-20(18)32-22)10-17(23)21(19)31-13-14-6-8-16(9-7-14)27(28)29/h2-12H,13H2,1H3,(H,25,26)/b24-12-. The zero-order chi connectivity index (χ0) is 22.5. The van der Waals surface area contributed by atoms with Crippen LogP contribution < -0.4 is 14.9 Å². The minimum absolute atomic E-state index is 0.0454. The number of non-ortho nitro benzene ring substituents is 1. The highest BCUT2D eigenvalue weighted by Crippen LogP contribution is 2.34. The van der Waals surface area contributed by atoms with Gasteiger partial charge >= 0.3 is 0 Å². The van der Waals surface area contributed by atoms with Gasteiger partial charge in [0.15, 0.2) is 11.5 Å². The van der Waals surface area contributed by atoms with Crippen LogP contribution in [0.5, 0.6) is 11.5 Å². The van der Waals surface area contributed by atoms with E-state index < -0.39 is 4.92 Å². The summed E-state index contributed by atoms with van der Waals surface area (Å²) in [5.74, 6) is 1.17. The van der Waals surface area contributed by atoms with Crippen LogP contribution in [0.4, 0.5) is 10.8 Å². The molecule has 0 aliphatic rings. The van der Waals surface area contributed by atoms with Gasteiger partial charge in [0.25, 0.3) is 5.69 Å². The predicted octanol–water partition coefficient (Wildman–Crippen LogP) is 5.84. The van der Waals surface area contributed by atoms with E-state index in [-0.39, 0.29) is 12.3 Å². The first-order valence-electron chi connectivity index (χ1n) is 9.42. The zero-order valence-electron chi connectivity index (χ0n) is 16.8. The summed E-state index contributed by atoms with van der Waals surface area (Å²) in [6.07, 6.45) is 1.69. The number of benzene rings is 3. The lowest BCUT2D eigenvalue weighted by Crippen LogP contribution is -2.01. The number of nitro benzene ring substituents is 1. The topological polar surface area (TPSA) is 98.9 Å². The number of aromatic nitrogens is 1. The van der Waals surface area contributed by atoms with Gasteiger partial charge in [-0.1, -0.05) is 23.5 Å². The van der Waals surface area contributed by atoms with Crippen molar-refractivity contribution in [2.75, 3.05) is 12.5 Å². The Morgan fingerprint density at radius 1 is 1.22 bits per heavy atom. The SMILES string of the molecule is COc1cc(/C=N\Nc2nc3ccccc3s2)cc(I)c1OCc1ccc([N+](=O)[O-])cc1. The molecule has 0 atom stereocenters. The van der Waals surface area contributed by atoms with Gasteiger partial charge in [0, 0.05) is 12.1 Å². The third-order valence-corrected chi connectivity index (χ3v) is 6.19. The Balaban J connectivity index is 1.45. The van der Waals surface area contributed by atoms with Gasteiger partial charge in [-0.25, -0.2) is 4.98 Å². The van der Waals surface area contributed by atoms with Crippen LogP contribution in [0.3, 0.4) is 0 Å². The predicted molar refractivity (Wildman–Crippen MR) is 134 cm³/mol. The number of para-hydroxylation sites is 1. The molecule has 10 heteroatoms. The second-order valence-corrected chi connectivity index (χ2v) is 8.80. The van der Waals surface area contributed by atoms with Crippen molar-refractivity contribution in [3.8, 4) is 11.5 Å². The maximum absolute atomic E-state index is 10.8. The lowest BCUT2D eigenvalue weighted by atomic mass is 10.2. The first-order valence-corrected chi connectivity index (χ1v) is 11.3. The summed E-state index contributed by atoms with van der Waals surface area (Å²) < 4.78 is 13.4. The van der Waals surface area contributed by atoms with E-state index in [0.717, 1.165) is 24.9 Å². The number of nitrogens with zero attached hydrogens (tertiary/aromatic N) is 3. The molecule has 0 fully saturated rings. The molecule has 1 aromatic heterocycles. The fourth-order valence-electron chi connectivity index (χ4n) is 2.91. The number of fused-ring (bicyclic) bond motifs is 1. The number of thiazole rings is 1. The third-order valence-electron chi connectivity index (χ3n) is 4.45. The van der Waals surface area contributed by atoms with Gasteiger partial charge in [-0.2, -0.15) is 5.10 Å². The van der Waals surface area contributed by atoms with E-state index in [2.05, 4.69) is 38.1 Å². The van der Waals surface area contributed by atoms with Gasteiger partial charge in [0.1, 0.15) is 6.61 Å². The summed E-state index contributed by atoms with van der Waals surface area (Å²) in [6, 6.07) is 17.9. The van der Waals surface area contributed by atoms with E-state index in [4.69, 9.17) is 9.47 Å². The molecule has 0 unspecified atom stereocenters. The molecule has 0 radical (unpaired) electrons. The van der Waals surface area contributed by atoms with Crippen LogP contribution in [-0.2, 0) is 6.61 Å². The van der Waals surface area contributed by atoms with Crippen molar-refractivity contribution in [3.05, 3.63) is 85.5 Å². The second-order valence-electron chi connectivity index (χ2n) is 6.60. The Kier molecular flexibility index (Phi) is 6.81. The molecular formula is C22H17IN4O4S. The van der Waals surface area contributed by atoms with E-state index in [0.29, 0.717) is 16.6 Å². The molecule has 0 amide bonds. The van der Waals surface area contributed by atoms with Gasteiger partial charge in [-0.15, -0.1) is 0 Å². The number of hydrogen-bond acceptors (Lipinski definition) is 8. The van der Waals surface area contributed by atoms with Gasteiger partial charge in [-0.3, -0.25) is 15.5 Å². The van der Waals surface area contributed by atoms with E-state index >= 15 is 0 Å². The smallest absolute Gasteiger partial charge is 0.269 e. The molecule has 0 spiro atoms. The molecule has 0 aliphatic heterocycles. The normalized spacial score (nSPS) is 11.1. The van der Waals surface area contributed by atoms with Crippen LogP contribution in [0.2, 0.25) is 0 Å². The number of nitrogens with one attached hydrogen (secondary N) is 1. The summed E-state index contributed by atoms with van der Waals surface area (Å²) in [4.78, 5) is 14.8. The first kappa shape index (κ1) is 22.0. The van der Waals surface area contributed by atoms with E-state index in [1.165, 1.54) is 23.5 Å². The molecule has 0 saturated carbocycles. The highest BCUT2D eigenvalue weighted by Gasteiger charge is 2.12. The minimum atomic E-state index is -0.428. The van der Waals surface area contributed by atoms with Crippen molar-refractivity contribution in [1.82, 2.24) is 4.98 Å². The largest absolute Gasteiger partial charge is 0.493 e. The monoisotopic (exact) mass is 560 g/mol. The number of halogens is 1. The average molecular weight is 560 g/mol. The molecule has 1 N–H and O–H groups in total. The molecule has 1 heterocycles.